The van der Waals surface area contributed by atoms with Gasteiger partial charge in [-0.05, 0) is 42.3 Å². The third-order valence-corrected chi connectivity index (χ3v) is 5.49. The second-order valence-corrected chi connectivity index (χ2v) is 8.20. The molecule has 0 saturated carbocycles. The number of benzene rings is 2. The van der Waals surface area contributed by atoms with Crippen molar-refractivity contribution in [2.45, 2.75) is 18.0 Å². The van der Waals surface area contributed by atoms with E-state index >= 15 is 0 Å². The Morgan fingerprint density at radius 3 is 2.38 bits per heavy atom. The lowest BCUT2D eigenvalue weighted by atomic mass is 9.85. The predicted molar refractivity (Wildman–Crippen MR) is 98.3 cm³/mol. The van der Waals surface area contributed by atoms with E-state index in [2.05, 4.69) is 0 Å². The van der Waals surface area contributed by atoms with E-state index in [1.807, 2.05) is 17.3 Å². The molecule has 0 bridgehead atoms. The molecule has 1 saturated heterocycles. The van der Waals surface area contributed by atoms with Crippen LogP contribution < -0.4 is 4.74 Å². The van der Waals surface area contributed by atoms with Gasteiger partial charge in [0, 0.05) is 29.5 Å². The monoisotopic (exact) mass is 421 g/mol. The van der Waals surface area contributed by atoms with Crippen molar-refractivity contribution in [1.82, 2.24) is 4.31 Å². The summed E-state index contributed by atoms with van der Waals surface area (Å²) in [5, 5.41) is 17.9. The van der Waals surface area contributed by atoms with Crippen LogP contribution in [0.15, 0.2) is 41.3 Å². The SMILES string of the molecule is CC1(COc2ccc(C#N)c(F)c2)CN(Sc2ccc(C(F)(F)F)cc2C#N)C1. The molecule has 3 rings (SSSR count). The molecule has 9 heteroatoms. The normalized spacial score (nSPS) is 15.8. The van der Waals surface area contributed by atoms with Crippen molar-refractivity contribution in [3.63, 3.8) is 0 Å². The molecule has 150 valence electrons. The molecular formula is C20H15F4N3OS. The van der Waals surface area contributed by atoms with Crippen LogP contribution in [0, 0.1) is 33.9 Å². The summed E-state index contributed by atoms with van der Waals surface area (Å²) < 4.78 is 59.6. The zero-order valence-electron chi connectivity index (χ0n) is 15.3. The van der Waals surface area contributed by atoms with Crippen LogP contribution in [0.1, 0.15) is 23.6 Å². The van der Waals surface area contributed by atoms with Crippen LogP contribution in [0.5, 0.6) is 5.75 Å². The third kappa shape index (κ3) is 4.81. The zero-order chi connectivity index (χ0) is 21.2. The van der Waals surface area contributed by atoms with E-state index in [-0.39, 0.29) is 16.5 Å². The van der Waals surface area contributed by atoms with Crippen molar-refractivity contribution >= 4 is 11.9 Å². The second kappa shape index (κ2) is 7.94. The summed E-state index contributed by atoms with van der Waals surface area (Å²) in [6.45, 7) is 3.46. The van der Waals surface area contributed by atoms with Gasteiger partial charge in [-0.2, -0.15) is 23.7 Å². The fourth-order valence-electron chi connectivity index (χ4n) is 2.91. The molecule has 0 N–H and O–H groups in total. The minimum atomic E-state index is -4.49. The Morgan fingerprint density at radius 2 is 1.79 bits per heavy atom. The Balaban J connectivity index is 1.57. The van der Waals surface area contributed by atoms with E-state index in [4.69, 9.17) is 15.3 Å². The molecule has 0 atom stereocenters. The molecule has 0 spiro atoms. The van der Waals surface area contributed by atoms with Gasteiger partial charge in [-0.15, -0.1) is 0 Å². The smallest absolute Gasteiger partial charge is 0.416 e. The maximum Gasteiger partial charge on any atom is 0.416 e. The first kappa shape index (κ1) is 21.0. The molecule has 0 unspecified atom stereocenters. The maximum atomic E-state index is 13.6. The standard InChI is InChI=1S/C20H15F4N3OS/c1-19(12-28-16-4-2-13(8-25)17(21)7-16)10-27(11-19)29-18-5-3-15(20(22,23)24)6-14(18)9-26/h2-7H,10-12H2,1H3. The van der Waals surface area contributed by atoms with Crippen molar-refractivity contribution in [2.24, 2.45) is 5.41 Å². The van der Waals surface area contributed by atoms with E-state index < -0.39 is 17.6 Å². The second-order valence-electron chi connectivity index (χ2n) is 7.06. The number of hydrogen-bond donors (Lipinski definition) is 0. The Morgan fingerprint density at radius 1 is 1.10 bits per heavy atom. The fourth-order valence-corrected chi connectivity index (χ4v) is 4.27. The molecule has 1 aliphatic heterocycles. The molecular weight excluding hydrogens is 406 g/mol. The lowest BCUT2D eigenvalue weighted by Gasteiger charge is -2.46. The summed E-state index contributed by atoms with van der Waals surface area (Å²) in [6.07, 6.45) is -4.49. The Hall–Kier alpha value is -2.75. The van der Waals surface area contributed by atoms with Gasteiger partial charge < -0.3 is 4.74 Å². The van der Waals surface area contributed by atoms with Crippen LogP contribution in [0.2, 0.25) is 0 Å². The lowest BCUT2D eigenvalue weighted by molar-refractivity contribution is -0.137. The van der Waals surface area contributed by atoms with Gasteiger partial charge in [-0.25, -0.2) is 8.70 Å². The van der Waals surface area contributed by atoms with Crippen molar-refractivity contribution in [2.75, 3.05) is 19.7 Å². The van der Waals surface area contributed by atoms with Crippen LogP contribution in [-0.4, -0.2) is 24.0 Å². The molecule has 29 heavy (non-hydrogen) atoms. The minimum Gasteiger partial charge on any atom is -0.493 e. The van der Waals surface area contributed by atoms with Crippen molar-refractivity contribution < 1.29 is 22.3 Å². The zero-order valence-corrected chi connectivity index (χ0v) is 16.1. The minimum absolute atomic E-state index is 0.0252. The Bertz CT molecular complexity index is 1000. The van der Waals surface area contributed by atoms with Crippen LogP contribution in [0.25, 0.3) is 0 Å². The van der Waals surface area contributed by atoms with Gasteiger partial charge >= 0.3 is 6.18 Å². The number of nitrogens with zero attached hydrogens (tertiary/aromatic N) is 3. The molecule has 4 nitrogen and oxygen atoms in total. The summed E-state index contributed by atoms with van der Waals surface area (Å²) in [7, 11) is 0. The van der Waals surface area contributed by atoms with Gasteiger partial charge in [0.25, 0.3) is 0 Å². The molecule has 0 radical (unpaired) electrons. The number of alkyl halides is 3. The first-order chi connectivity index (χ1) is 13.6. The highest BCUT2D eigenvalue weighted by Gasteiger charge is 2.40. The van der Waals surface area contributed by atoms with Gasteiger partial charge in [0.1, 0.15) is 23.7 Å². The van der Waals surface area contributed by atoms with Crippen LogP contribution in [-0.2, 0) is 6.18 Å². The summed E-state index contributed by atoms with van der Waals surface area (Å²) >= 11 is 1.22. The quantitative estimate of drug-likeness (QED) is 0.503. The third-order valence-electron chi connectivity index (χ3n) is 4.42. The molecule has 1 aliphatic rings. The number of halogens is 4. The van der Waals surface area contributed by atoms with E-state index in [1.54, 1.807) is 6.07 Å². The van der Waals surface area contributed by atoms with Gasteiger partial charge in [0.15, 0.2) is 0 Å². The summed E-state index contributed by atoms with van der Waals surface area (Å²) in [5.74, 6) is -0.324. The predicted octanol–water partition coefficient (Wildman–Crippen LogP) is 5.00. The van der Waals surface area contributed by atoms with E-state index in [0.717, 1.165) is 18.2 Å². The number of nitriles is 2. The highest BCUT2D eigenvalue weighted by atomic mass is 32.2. The molecule has 0 amide bonds. The van der Waals surface area contributed by atoms with E-state index in [1.165, 1.54) is 30.1 Å². The van der Waals surface area contributed by atoms with Gasteiger partial charge in [0.05, 0.1) is 23.3 Å². The van der Waals surface area contributed by atoms with Gasteiger partial charge in [0.2, 0.25) is 0 Å². The van der Waals surface area contributed by atoms with Crippen LogP contribution in [0.4, 0.5) is 17.6 Å². The van der Waals surface area contributed by atoms with Crippen molar-refractivity contribution in [1.29, 1.82) is 10.5 Å². The maximum absolute atomic E-state index is 13.6. The summed E-state index contributed by atoms with van der Waals surface area (Å²) in [6, 6.07) is 10.7. The van der Waals surface area contributed by atoms with Gasteiger partial charge in [-0.3, -0.25) is 0 Å². The summed E-state index contributed by atoms with van der Waals surface area (Å²) in [5.41, 5.74) is -1.16. The van der Waals surface area contributed by atoms with Gasteiger partial charge in [-0.1, -0.05) is 6.92 Å². The molecule has 0 aromatic heterocycles. The van der Waals surface area contributed by atoms with Crippen molar-refractivity contribution in [3.8, 4) is 17.9 Å². The largest absolute Gasteiger partial charge is 0.493 e. The number of hydrogen-bond acceptors (Lipinski definition) is 5. The first-order valence-electron chi connectivity index (χ1n) is 8.50. The van der Waals surface area contributed by atoms with E-state index in [9.17, 15) is 17.6 Å². The molecule has 1 fully saturated rings. The number of rotatable bonds is 5. The molecule has 1 heterocycles. The lowest BCUT2D eigenvalue weighted by Crippen LogP contribution is -2.54. The first-order valence-corrected chi connectivity index (χ1v) is 9.28. The van der Waals surface area contributed by atoms with Crippen molar-refractivity contribution in [3.05, 3.63) is 58.9 Å². The van der Waals surface area contributed by atoms with Crippen LogP contribution >= 0.6 is 11.9 Å². The Kier molecular flexibility index (Phi) is 5.74. The highest BCUT2D eigenvalue weighted by Crippen LogP contribution is 2.40. The summed E-state index contributed by atoms with van der Waals surface area (Å²) in [4.78, 5) is 0.456. The molecule has 0 aliphatic carbocycles. The highest BCUT2D eigenvalue weighted by molar-refractivity contribution is 7.97. The molecule has 2 aromatic carbocycles. The molecule has 2 aromatic rings. The number of ether oxygens (including phenoxy) is 1. The Labute approximate surface area is 169 Å². The average Bonchev–Trinajstić information content (AvgIpc) is 2.64. The topological polar surface area (TPSA) is 60.0 Å². The van der Waals surface area contributed by atoms with E-state index in [0.29, 0.717) is 30.3 Å². The van der Waals surface area contributed by atoms with Crippen LogP contribution in [0.3, 0.4) is 0 Å². The fraction of sp³-hybridized carbons (Fsp3) is 0.300. The average molecular weight is 421 g/mol.